The van der Waals surface area contributed by atoms with Gasteiger partial charge >= 0.3 is 5.97 Å². The van der Waals surface area contributed by atoms with E-state index < -0.39 is 11.6 Å². The first kappa shape index (κ1) is 12.7. The fourth-order valence-corrected chi connectivity index (χ4v) is 1.68. The average Bonchev–Trinajstić information content (AvgIpc) is 2.55. The Labute approximate surface area is 94.4 Å². The van der Waals surface area contributed by atoms with Crippen LogP contribution in [0.1, 0.15) is 27.2 Å². The number of rotatable bonds is 2. The number of carbonyl (C=O) groups excluding carboxylic acids is 1. The number of hydrogen-bond acceptors (Lipinski definition) is 3. The van der Waals surface area contributed by atoms with E-state index >= 15 is 0 Å². The van der Waals surface area contributed by atoms with Gasteiger partial charge in [-0.15, -0.1) is 0 Å². The summed E-state index contributed by atoms with van der Waals surface area (Å²) in [5.74, 6) is -1.39. The van der Waals surface area contributed by atoms with Gasteiger partial charge in [0.25, 0.3) is 0 Å². The van der Waals surface area contributed by atoms with Gasteiger partial charge in [-0.1, -0.05) is 0 Å². The molecule has 1 atom stereocenters. The quantitative estimate of drug-likeness (QED) is 0.669. The number of carboxylic acid groups (broad SMARTS) is 1. The van der Waals surface area contributed by atoms with Crippen LogP contribution in [0.25, 0.3) is 0 Å². The molecule has 0 aromatic heterocycles. The van der Waals surface area contributed by atoms with Gasteiger partial charge < -0.3 is 15.1 Å². The van der Waals surface area contributed by atoms with E-state index in [1.165, 1.54) is 18.7 Å². The molecule has 5 nitrogen and oxygen atoms in total. The summed E-state index contributed by atoms with van der Waals surface area (Å²) in [7, 11) is 0. The van der Waals surface area contributed by atoms with Crippen LogP contribution < -0.4 is 0 Å². The summed E-state index contributed by atoms with van der Waals surface area (Å²) in [6.07, 6.45) is 0.526. The molecule has 1 amide bonds. The number of nitrogens with zero attached hydrogens (tertiary/aromatic N) is 1. The molecule has 16 heavy (non-hydrogen) atoms. The molecule has 0 aliphatic carbocycles. The Hall–Kier alpha value is -1.36. The average molecular weight is 227 g/mol. The second-order valence-corrected chi connectivity index (χ2v) is 4.53. The van der Waals surface area contributed by atoms with Crippen molar-refractivity contribution >= 4 is 11.9 Å². The normalized spacial score (nSPS) is 26.6. The lowest BCUT2D eigenvalue weighted by Gasteiger charge is -2.19. The SMILES string of the molecule is CC(C(=O)O)=C(C)C(=O)N1CCC(C)(O)C1. The summed E-state index contributed by atoms with van der Waals surface area (Å²) >= 11 is 0. The molecule has 0 aromatic carbocycles. The molecule has 0 saturated carbocycles. The van der Waals surface area contributed by atoms with E-state index in [4.69, 9.17) is 5.11 Å². The molecular weight excluding hydrogens is 210 g/mol. The van der Waals surface area contributed by atoms with Crippen molar-refractivity contribution in [3.05, 3.63) is 11.1 Å². The first-order chi connectivity index (χ1) is 7.24. The highest BCUT2D eigenvalue weighted by Crippen LogP contribution is 2.22. The van der Waals surface area contributed by atoms with E-state index in [0.717, 1.165) is 0 Å². The van der Waals surface area contributed by atoms with Crippen molar-refractivity contribution in [2.75, 3.05) is 13.1 Å². The molecule has 0 aromatic rings. The molecule has 1 unspecified atom stereocenters. The summed E-state index contributed by atoms with van der Waals surface area (Å²) in [5.41, 5.74) is -0.575. The van der Waals surface area contributed by atoms with Crippen LogP contribution in [-0.4, -0.2) is 45.7 Å². The molecule has 1 aliphatic rings. The molecule has 1 saturated heterocycles. The smallest absolute Gasteiger partial charge is 0.331 e. The second kappa shape index (κ2) is 4.25. The van der Waals surface area contributed by atoms with Crippen LogP contribution in [0.3, 0.4) is 0 Å². The van der Waals surface area contributed by atoms with Crippen molar-refractivity contribution in [3.8, 4) is 0 Å². The summed E-state index contributed by atoms with van der Waals surface area (Å²) in [6, 6.07) is 0. The van der Waals surface area contributed by atoms with Gasteiger partial charge in [0.15, 0.2) is 0 Å². The third kappa shape index (κ3) is 2.61. The number of hydrogen-bond donors (Lipinski definition) is 2. The molecule has 2 N–H and O–H groups in total. The molecule has 5 heteroatoms. The maximum atomic E-state index is 11.9. The third-order valence-corrected chi connectivity index (χ3v) is 2.94. The standard InChI is InChI=1S/C11H17NO4/c1-7(8(2)10(14)15)9(13)12-5-4-11(3,16)6-12/h16H,4-6H2,1-3H3,(H,14,15). The zero-order chi connectivity index (χ0) is 12.5. The second-order valence-electron chi connectivity index (χ2n) is 4.53. The minimum atomic E-state index is -1.09. The number of aliphatic hydroxyl groups is 1. The molecule has 90 valence electrons. The minimum Gasteiger partial charge on any atom is -0.478 e. The fourth-order valence-electron chi connectivity index (χ4n) is 1.68. The number of aliphatic carboxylic acids is 1. The molecule has 0 radical (unpaired) electrons. The van der Waals surface area contributed by atoms with Crippen LogP contribution in [-0.2, 0) is 9.59 Å². The van der Waals surface area contributed by atoms with Gasteiger partial charge in [0.05, 0.1) is 5.60 Å². The zero-order valence-electron chi connectivity index (χ0n) is 9.78. The van der Waals surface area contributed by atoms with Crippen molar-refractivity contribution in [3.63, 3.8) is 0 Å². The van der Waals surface area contributed by atoms with Crippen molar-refractivity contribution in [1.29, 1.82) is 0 Å². The Kier molecular flexibility index (Phi) is 3.38. The van der Waals surface area contributed by atoms with Gasteiger partial charge in [-0.25, -0.2) is 4.79 Å². The summed E-state index contributed by atoms with van der Waals surface area (Å²) < 4.78 is 0. The molecule has 0 spiro atoms. The molecule has 1 aliphatic heterocycles. The number of likely N-dealkylation sites (tertiary alicyclic amines) is 1. The van der Waals surface area contributed by atoms with E-state index in [9.17, 15) is 14.7 Å². The molecule has 1 fully saturated rings. The largest absolute Gasteiger partial charge is 0.478 e. The Morgan fingerprint density at radius 3 is 2.19 bits per heavy atom. The van der Waals surface area contributed by atoms with Crippen molar-refractivity contribution in [2.24, 2.45) is 0 Å². The van der Waals surface area contributed by atoms with Gasteiger partial charge in [0, 0.05) is 24.2 Å². The van der Waals surface area contributed by atoms with Gasteiger partial charge in [0.2, 0.25) is 5.91 Å². The first-order valence-electron chi connectivity index (χ1n) is 5.17. The van der Waals surface area contributed by atoms with Gasteiger partial charge in [0.1, 0.15) is 0 Å². The molecule has 0 bridgehead atoms. The molecule has 1 rings (SSSR count). The van der Waals surface area contributed by atoms with Crippen LogP contribution in [0.15, 0.2) is 11.1 Å². The van der Waals surface area contributed by atoms with Crippen LogP contribution >= 0.6 is 0 Å². The molecular formula is C11H17NO4. The van der Waals surface area contributed by atoms with Gasteiger partial charge in [-0.2, -0.15) is 0 Å². The lowest BCUT2D eigenvalue weighted by atomic mass is 10.1. The highest BCUT2D eigenvalue weighted by atomic mass is 16.4. The zero-order valence-corrected chi connectivity index (χ0v) is 9.78. The van der Waals surface area contributed by atoms with E-state index in [1.54, 1.807) is 6.92 Å². The van der Waals surface area contributed by atoms with E-state index in [0.29, 0.717) is 13.0 Å². The Balaban J connectivity index is 2.81. The van der Waals surface area contributed by atoms with Gasteiger partial charge in [-0.3, -0.25) is 4.79 Å². The maximum Gasteiger partial charge on any atom is 0.331 e. The van der Waals surface area contributed by atoms with E-state index in [-0.39, 0.29) is 23.6 Å². The predicted molar refractivity (Wildman–Crippen MR) is 57.8 cm³/mol. The summed E-state index contributed by atoms with van der Waals surface area (Å²) in [5, 5.41) is 18.5. The lowest BCUT2D eigenvalue weighted by molar-refractivity contribution is -0.133. The summed E-state index contributed by atoms with van der Waals surface area (Å²) in [4.78, 5) is 24.1. The Bertz CT molecular complexity index is 357. The summed E-state index contributed by atoms with van der Waals surface area (Å²) in [6.45, 7) is 5.30. The highest BCUT2D eigenvalue weighted by Gasteiger charge is 2.34. The molecule has 1 heterocycles. The number of β-amino-alcohol motifs (C(OH)–C–C–N with tert-alkyl or cyclic N) is 1. The maximum absolute atomic E-state index is 11.9. The van der Waals surface area contributed by atoms with E-state index in [2.05, 4.69) is 0 Å². The topological polar surface area (TPSA) is 77.8 Å². The van der Waals surface area contributed by atoms with Crippen LogP contribution in [0.4, 0.5) is 0 Å². The van der Waals surface area contributed by atoms with Crippen LogP contribution in [0.5, 0.6) is 0 Å². The van der Waals surface area contributed by atoms with Crippen molar-refractivity contribution in [2.45, 2.75) is 32.8 Å². The third-order valence-electron chi connectivity index (χ3n) is 2.94. The minimum absolute atomic E-state index is 0.0524. The van der Waals surface area contributed by atoms with Gasteiger partial charge in [-0.05, 0) is 27.2 Å². The Morgan fingerprint density at radius 1 is 1.25 bits per heavy atom. The Morgan fingerprint density at radius 2 is 1.81 bits per heavy atom. The van der Waals surface area contributed by atoms with E-state index in [1.807, 2.05) is 0 Å². The van der Waals surface area contributed by atoms with Crippen molar-refractivity contribution < 1.29 is 19.8 Å². The fraction of sp³-hybridized carbons (Fsp3) is 0.636. The first-order valence-corrected chi connectivity index (χ1v) is 5.17. The van der Waals surface area contributed by atoms with Crippen molar-refractivity contribution in [1.82, 2.24) is 4.90 Å². The number of carboxylic acids is 1. The number of amides is 1. The number of carbonyl (C=O) groups is 2. The predicted octanol–water partition coefficient (Wildman–Crippen LogP) is 0.391. The highest BCUT2D eigenvalue weighted by molar-refractivity contribution is 6.01. The monoisotopic (exact) mass is 227 g/mol. The van der Waals surface area contributed by atoms with Crippen LogP contribution in [0, 0.1) is 0 Å². The van der Waals surface area contributed by atoms with Crippen LogP contribution in [0.2, 0.25) is 0 Å². The lowest BCUT2D eigenvalue weighted by Crippen LogP contribution is -2.34.